The number of nitrogens with zero attached hydrogens (tertiary/aromatic N) is 1. The van der Waals surface area contributed by atoms with Crippen LogP contribution >= 0.6 is 11.3 Å². The van der Waals surface area contributed by atoms with Gasteiger partial charge in [-0.1, -0.05) is 12.1 Å². The molecule has 1 amide bonds. The van der Waals surface area contributed by atoms with Crippen molar-refractivity contribution in [2.75, 3.05) is 13.6 Å². The van der Waals surface area contributed by atoms with E-state index >= 15 is 0 Å². The summed E-state index contributed by atoms with van der Waals surface area (Å²) in [4.78, 5) is 15.5. The van der Waals surface area contributed by atoms with Crippen LogP contribution in [-0.2, 0) is 19.5 Å². The molecule has 0 aliphatic carbocycles. The molecular weight excluding hydrogens is 268 g/mol. The normalized spacial score (nSPS) is 13.8. The first-order valence-electron chi connectivity index (χ1n) is 6.84. The third-order valence-electron chi connectivity index (χ3n) is 3.66. The second kappa shape index (κ2) is 5.77. The minimum Gasteiger partial charge on any atom is -0.337 e. The third kappa shape index (κ3) is 2.76. The average molecular weight is 286 g/mol. The minimum absolute atomic E-state index is 0.0896. The van der Waals surface area contributed by atoms with Gasteiger partial charge in [0.2, 0.25) is 0 Å². The summed E-state index contributed by atoms with van der Waals surface area (Å²) in [5, 5.41) is 5.39. The number of amides is 1. The van der Waals surface area contributed by atoms with Crippen molar-refractivity contribution in [3.05, 3.63) is 57.3 Å². The summed E-state index contributed by atoms with van der Waals surface area (Å²) < 4.78 is 0. The topological polar surface area (TPSA) is 32.3 Å². The number of benzene rings is 1. The van der Waals surface area contributed by atoms with E-state index in [-0.39, 0.29) is 5.91 Å². The van der Waals surface area contributed by atoms with Crippen LogP contribution in [-0.4, -0.2) is 24.4 Å². The van der Waals surface area contributed by atoms with Crippen LogP contribution in [0.2, 0.25) is 0 Å². The first-order chi connectivity index (χ1) is 9.74. The monoisotopic (exact) mass is 286 g/mol. The lowest BCUT2D eigenvalue weighted by atomic mass is 9.98. The summed E-state index contributed by atoms with van der Waals surface area (Å²) in [5.74, 6) is 0.0896. The second-order valence-electron chi connectivity index (χ2n) is 5.15. The quantitative estimate of drug-likeness (QED) is 0.941. The van der Waals surface area contributed by atoms with Crippen LogP contribution in [0, 0.1) is 0 Å². The average Bonchev–Trinajstić information content (AvgIpc) is 2.99. The smallest absolute Gasteiger partial charge is 0.253 e. The highest BCUT2D eigenvalue weighted by atomic mass is 32.1. The van der Waals surface area contributed by atoms with Gasteiger partial charge in [0, 0.05) is 24.0 Å². The zero-order valence-corrected chi connectivity index (χ0v) is 12.4. The Morgan fingerprint density at radius 3 is 3.05 bits per heavy atom. The van der Waals surface area contributed by atoms with Crippen LogP contribution in [0.25, 0.3) is 0 Å². The van der Waals surface area contributed by atoms with E-state index in [9.17, 15) is 4.79 Å². The maximum Gasteiger partial charge on any atom is 0.253 e. The Morgan fingerprint density at radius 2 is 2.25 bits per heavy atom. The molecule has 3 rings (SSSR count). The minimum atomic E-state index is 0.0896. The molecule has 1 aliphatic rings. The van der Waals surface area contributed by atoms with Gasteiger partial charge >= 0.3 is 0 Å². The molecule has 3 nitrogen and oxygen atoms in total. The molecule has 104 valence electrons. The van der Waals surface area contributed by atoms with Crippen molar-refractivity contribution in [2.24, 2.45) is 0 Å². The van der Waals surface area contributed by atoms with Gasteiger partial charge in [-0.15, -0.1) is 11.3 Å². The van der Waals surface area contributed by atoms with Gasteiger partial charge in [0.05, 0.1) is 6.54 Å². The van der Waals surface area contributed by atoms with Crippen molar-refractivity contribution in [1.29, 1.82) is 0 Å². The van der Waals surface area contributed by atoms with Crippen LogP contribution in [0.4, 0.5) is 0 Å². The number of hydrogen-bond acceptors (Lipinski definition) is 3. The maximum atomic E-state index is 12.5. The van der Waals surface area contributed by atoms with Crippen molar-refractivity contribution >= 4 is 17.2 Å². The van der Waals surface area contributed by atoms with E-state index in [0.29, 0.717) is 6.54 Å². The van der Waals surface area contributed by atoms with Gasteiger partial charge in [-0.25, -0.2) is 0 Å². The summed E-state index contributed by atoms with van der Waals surface area (Å²) in [6.07, 6.45) is 1.05. The number of hydrogen-bond donors (Lipinski definition) is 1. The van der Waals surface area contributed by atoms with E-state index in [0.717, 1.165) is 25.1 Å². The highest BCUT2D eigenvalue weighted by molar-refractivity contribution is 7.09. The fourth-order valence-electron chi connectivity index (χ4n) is 2.54. The Hall–Kier alpha value is -1.65. The van der Waals surface area contributed by atoms with E-state index < -0.39 is 0 Å². The summed E-state index contributed by atoms with van der Waals surface area (Å²) in [6, 6.07) is 10.2. The number of rotatable bonds is 3. The molecule has 0 bridgehead atoms. The molecule has 20 heavy (non-hydrogen) atoms. The molecule has 1 N–H and O–H groups in total. The molecule has 1 aromatic carbocycles. The predicted octanol–water partition coefficient (Wildman–Crippen LogP) is 2.67. The van der Waals surface area contributed by atoms with Crippen molar-refractivity contribution in [3.8, 4) is 0 Å². The lowest BCUT2D eigenvalue weighted by Gasteiger charge is -2.20. The van der Waals surface area contributed by atoms with E-state index in [1.807, 2.05) is 30.6 Å². The maximum absolute atomic E-state index is 12.5. The summed E-state index contributed by atoms with van der Waals surface area (Å²) in [5.41, 5.74) is 3.40. The molecule has 1 aliphatic heterocycles. The predicted molar refractivity (Wildman–Crippen MR) is 82.0 cm³/mol. The Bertz CT molecular complexity index is 607. The van der Waals surface area contributed by atoms with Gasteiger partial charge in [0.1, 0.15) is 0 Å². The lowest BCUT2D eigenvalue weighted by molar-refractivity contribution is 0.0786. The molecular formula is C16H18N2OS. The van der Waals surface area contributed by atoms with Crippen LogP contribution in [0.1, 0.15) is 26.4 Å². The SMILES string of the molecule is CN(Cc1cccs1)C(=O)c1ccc2c(c1)CNCC2. The Kier molecular flexibility index (Phi) is 3.85. The van der Waals surface area contributed by atoms with Crippen molar-refractivity contribution in [3.63, 3.8) is 0 Å². The third-order valence-corrected chi connectivity index (χ3v) is 4.52. The van der Waals surface area contributed by atoms with E-state index in [1.165, 1.54) is 16.0 Å². The van der Waals surface area contributed by atoms with E-state index in [2.05, 4.69) is 17.4 Å². The molecule has 0 radical (unpaired) electrons. The number of carbonyl (C=O) groups is 1. The number of thiophene rings is 1. The second-order valence-corrected chi connectivity index (χ2v) is 6.18. The number of fused-ring (bicyclic) bond motifs is 1. The Morgan fingerprint density at radius 1 is 1.35 bits per heavy atom. The highest BCUT2D eigenvalue weighted by Gasteiger charge is 2.15. The summed E-state index contributed by atoms with van der Waals surface area (Å²) in [7, 11) is 1.86. The van der Waals surface area contributed by atoms with E-state index in [1.54, 1.807) is 16.2 Å². The molecule has 2 heterocycles. The van der Waals surface area contributed by atoms with Crippen molar-refractivity contribution < 1.29 is 4.79 Å². The number of nitrogens with one attached hydrogen (secondary N) is 1. The van der Waals surface area contributed by atoms with Gasteiger partial charge in [-0.2, -0.15) is 0 Å². The fraction of sp³-hybridized carbons (Fsp3) is 0.312. The van der Waals surface area contributed by atoms with E-state index in [4.69, 9.17) is 0 Å². The molecule has 0 saturated heterocycles. The largest absolute Gasteiger partial charge is 0.337 e. The van der Waals surface area contributed by atoms with Gasteiger partial charge in [0.15, 0.2) is 0 Å². The Labute approximate surface area is 123 Å². The fourth-order valence-corrected chi connectivity index (χ4v) is 3.30. The summed E-state index contributed by atoms with van der Waals surface area (Å²) in [6.45, 7) is 2.56. The van der Waals surface area contributed by atoms with Crippen LogP contribution in [0.15, 0.2) is 35.7 Å². The molecule has 0 unspecified atom stereocenters. The molecule has 0 fully saturated rings. The molecule has 0 saturated carbocycles. The van der Waals surface area contributed by atoms with Crippen LogP contribution < -0.4 is 5.32 Å². The lowest BCUT2D eigenvalue weighted by Crippen LogP contribution is -2.27. The highest BCUT2D eigenvalue weighted by Crippen LogP contribution is 2.18. The number of carbonyl (C=O) groups excluding carboxylic acids is 1. The summed E-state index contributed by atoms with van der Waals surface area (Å²) >= 11 is 1.68. The zero-order chi connectivity index (χ0) is 13.9. The molecule has 2 aromatic rings. The molecule has 4 heteroatoms. The van der Waals surface area contributed by atoms with Gasteiger partial charge < -0.3 is 10.2 Å². The first kappa shape index (κ1) is 13.3. The molecule has 1 aromatic heterocycles. The zero-order valence-electron chi connectivity index (χ0n) is 11.6. The van der Waals surface area contributed by atoms with Gasteiger partial charge in [0.25, 0.3) is 5.91 Å². The van der Waals surface area contributed by atoms with Crippen molar-refractivity contribution in [1.82, 2.24) is 10.2 Å². The van der Waals surface area contributed by atoms with Crippen LogP contribution in [0.5, 0.6) is 0 Å². The Balaban J connectivity index is 1.76. The van der Waals surface area contributed by atoms with Crippen LogP contribution in [0.3, 0.4) is 0 Å². The van der Waals surface area contributed by atoms with Gasteiger partial charge in [-0.05, 0) is 47.7 Å². The molecule has 0 spiro atoms. The van der Waals surface area contributed by atoms with Gasteiger partial charge in [-0.3, -0.25) is 4.79 Å². The molecule has 0 atom stereocenters. The first-order valence-corrected chi connectivity index (χ1v) is 7.72. The van der Waals surface area contributed by atoms with Crippen molar-refractivity contribution in [2.45, 2.75) is 19.5 Å². The standard InChI is InChI=1S/C16H18N2OS/c1-18(11-15-3-2-8-20-15)16(19)13-5-4-12-6-7-17-10-14(12)9-13/h2-5,8-9,17H,6-7,10-11H2,1H3.